The lowest BCUT2D eigenvalue weighted by Crippen LogP contribution is -2.06. The Hall–Kier alpha value is -1.81. The van der Waals surface area contributed by atoms with Gasteiger partial charge >= 0.3 is 5.97 Å². The van der Waals surface area contributed by atoms with E-state index in [0.717, 1.165) is 29.1 Å². The molecule has 1 N–H and O–H groups in total. The second kappa shape index (κ2) is 6.09. The molecule has 0 aliphatic rings. The third kappa shape index (κ3) is 2.85. The zero-order valence-corrected chi connectivity index (χ0v) is 12.3. The number of nitrogens with zero attached hydrogens (tertiary/aromatic N) is 2. The van der Waals surface area contributed by atoms with Crippen LogP contribution in [0.1, 0.15) is 30.8 Å². The first kappa shape index (κ1) is 14.6. The lowest BCUT2D eigenvalue weighted by atomic mass is 10.1. The van der Waals surface area contributed by atoms with E-state index in [-0.39, 0.29) is 6.42 Å². The molecule has 0 amide bonds. The van der Waals surface area contributed by atoms with Crippen molar-refractivity contribution >= 4 is 17.6 Å². The van der Waals surface area contributed by atoms with E-state index < -0.39 is 5.97 Å². The van der Waals surface area contributed by atoms with Crippen molar-refractivity contribution in [2.24, 2.45) is 0 Å². The number of hydrogen-bond donors (Lipinski definition) is 1. The van der Waals surface area contributed by atoms with Crippen LogP contribution in [-0.2, 0) is 24.1 Å². The minimum absolute atomic E-state index is 0.00686. The molecule has 1 aromatic heterocycles. The van der Waals surface area contributed by atoms with Crippen LogP contribution in [-0.4, -0.2) is 20.9 Å². The summed E-state index contributed by atoms with van der Waals surface area (Å²) in [5, 5.41) is 14.3. The number of benzene rings is 1. The Morgan fingerprint density at radius 2 is 2.10 bits per heavy atom. The molecule has 20 heavy (non-hydrogen) atoms. The van der Waals surface area contributed by atoms with E-state index >= 15 is 0 Å². The van der Waals surface area contributed by atoms with Crippen molar-refractivity contribution < 1.29 is 9.90 Å². The summed E-state index contributed by atoms with van der Waals surface area (Å²) in [6, 6.07) is 7.42. The predicted molar refractivity (Wildman–Crippen MR) is 78.7 cm³/mol. The Kier molecular flexibility index (Phi) is 4.45. The van der Waals surface area contributed by atoms with Crippen molar-refractivity contribution in [2.45, 2.75) is 33.1 Å². The highest BCUT2D eigenvalue weighted by Crippen LogP contribution is 2.22. The largest absolute Gasteiger partial charge is 0.481 e. The van der Waals surface area contributed by atoms with E-state index in [4.69, 9.17) is 16.7 Å². The number of aliphatic carboxylic acids is 1. The number of hydrogen-bond acceptors (Lipinski definition) is 2. The van der Waals surface area contributed by atoms with Gasteiger partial charge in [-0.3, -0.25) is 4.79 Å². The molecule has 2 rings (SSSR count). The van der Waals surface area contributed by atoms with E-state index in [2.05, 4.69) is 5.10 Å². The van der Waals surface area contributed by atoms with Gasteiger partial charge in [-0.15, -0.1) is 0 Å². The van der Waals surface area contributed by atoms with Crippen LogP contribution in [0.25, 0.3) is 5.69 Å². The molecule has 2 aromatic rings. The van der Waals surface area contributed by atoms with Crippen LogP contribution in [0.5, 0.6) is 0 Å². The number of carboxylic acids is 1. The number of halogens is 1. The molecule has 0 aliphatic carbocycles. The summed E-state index contributed by atoms with van der Waals surface area (Å²) < 4.78 is 1.81. The summed E-state index contributed by atoms with van der Waals surface area (Å²) in [6.07, 6.45) is 1.44. The molecule has 0 saturated heterocycles. The molecule has 4 nitrogen and oxygen atoms in total. The van der Waals surface area contributed by atoms with Crippen molar-refractivity contribution in [3.63, 3.8) is 0 Å². The van der Waals surface area contributed by atoms with Gasteiger partial charge in [0.2, 0.25) is 0 Å². The molecule has 106 valence electrons. The van der Waals surface area contributed by atoms with Crippen LogP contribution in [0.4, 0.5) is 0 Å². The van der Waals surface area contributed by atoms with Gasteiger partial charge in [0.1, 0.15) is 0 Å². The standard InChI is InChI=1S/C15H17ClN2O2/c1-3-13-12(9-15(19)20)14(4-2)18(17-13)11-7-5-6-10(16)8-11/h5-8H,3-4,9H2,1-2H3,(H,19,20). The first-order valence-electron chi connectivity index (χ1n) is 6.64. The molecular weight excluding hydrogens is 276 g/mol. The molecule has 0 saturated carbocycles. The van der Waals surface area contributed by atoms with Gasteiger partial charge in [-0.2, -0.15) is 5.10 Å². The van der Waals surface area contributed by atoms with Crippen molar-refractivity contribution in [3.05, 3.63) is 46.2 Å². The van der Waals surface area contributed by atoms with Crippen molar-refractivity contribution in [1.29, 1.82) is 0 Å². The summed E-state index contributed by atoms with van der Waals surface area (Å²) in [4.78, 5) is 11.0. The zero-order valence-electron chi connectivity index (χ0n) is 11.6. The van der Waals surface area contributed by atoms with E-state index in [9.17, 15) is 4.79 Å². The molecular formula is C15H17ClN2O2. The summed E-state index contributed by atoms with van der Waals surface area (Å²) in [5.41, 5.74) is 3.46. The third-order valence-electron chi connectivity index (χ3n) is 3.22. The maximum absolute atomic E-state index is 11.0. The number of aromatic nitrogens is 2. The van der Waals surface area contributed by atoms with Crippen LogP contribution in [0.3, 0.4) is 0 Å². The molecule has 0 spiro atoms. The average Bonchev–Trinajstić information content (AvgIpc) is 2.75. The predicted octanol–water partition coefficient (Wildman–Crippen LogP) is 3.28. The Labute approximate surface area is 123 Å². The van der Waals surface area contributed by atoms with Crippen LogP contribution in [0.15, 0.2) is 24.3 Å². The van der Waals surface area contributed by atoms with Gasteiger partial charge in [-0.25, -0.2) is 4.68 Å². The molecule has 1 aromatic carbocycles. The number of aryl methyl sites for hydroxylation is 1. The van der Waals surface area contributed by atoms with Gasteiger partial charge in [-0.1, -0.05) is 31.5 Å². The molecule has 0 aliphatic heterocycles. The highest BCUT2D eigenvalue weighted by atomic mass is 35.5. The fourth-order valence-electron chi connectivity index (χ4n) is 2.36. The fourth-order valence-corrected chi connectivity index (χ4v) is 2.54. The van der Waals surface area contributed by atoms with Gasteiger partial charge in [0.15, 0.2) is 0 Å². The second-order valence-electron chi connectivity index (χ2n) is 4.54. The maximum atomic E-state index is 11.0. The Morgan fingerprint density at radius 1 is 1.35 bits per heavy atom. The number of carboxylic acid groups (broad SMARTS) is 1. The van der Waals surface area contributed by atoms with Crippen molar-refractivity contribution in [1.82, 2.24) is 9.78 Å². The quantitative estimate of drug-likeness (QED) is 0.920. The van der Waals surface area contributed by atoms with E-state index in [1.807, 2.05) is 36.7 Å². The molecule has 0 unspecified atom stereocenters. The van der Waals surface area contributed by atoms with E-state index in [1.165, 1.54) is 0 Å². The topological polar surface area (TPSA) is 55.1 Å². The highest BCUT2D eigenvalue weighted by molar-refractivity contribution is 6.30. The van der Waals surface area contributed by atoms with Gasteiger partial charge in [-0.05, 0) is 31.0 Å². The fraction of sp³-hybridized carbons (Fsp3) is 0.333. The second-order valence-corrected chi connectivity index (χ2v) is 4.98. The SMILES string of the molecule is CCc1nn(-c2cccc(Cl)c2)c(CC)c1CC(=O)O. The first-order valence-corrected chi connectivity index (χ1v) is 7.02. The normalized spacial score (nSPS) is 10.8. The molecule has 0 bridgehead atoms. The third-order valence-corrected chi connectivity index (χ3v) is 3.46. The first-order chi connectivity index (χ1) is 9.56. The lowest BCUT2D eigenvalue weighted by Gasteiger charge is -2.07. The Morgan fingerprint density at radius 3 is 2.65 bits per heavy atom. The van der Waals surface area contributed by atoms with Crippen molar-refractivity contribution in [2.75, 3.05) is 0 Å². The summed E-state index contributed by atoms with van der Waals surface area (Å²) >= 11 is 6.02. The molecule has 0 atom stereocenters. The van der Waals surface area contributed by atoms with Gasteiger partial charge < -0.3 is 5.11 Å². The average molecular weight is 293 g/mol. The highest BCUT2D eigenvalue weighted by Gasteiger charge is 2.18. The monoisotopic (exact) mass is 292 g/mol. The van der Waals surface area contributed by atoms with E-state index in [1.54, 1.807) is 6.07 Å². The molecule has 0 radical (unpaired) electrons. The Balaban J connectivity index is 2.59. The lowest BCUT2D eigenvalue weighted by molar-refractivity contribution is -0.136. The Bertz CT molecular complexity index is 635. The summed E-state index contributed by atoms with van der Waals surface area (Å²) in [6.45, 7) is 3.98. The number of rotatable bonds is 5. The zero-order chi connectivity index (χ0) is 14.7. The maximum Gasteiger partial charge on any atom is 0.307 e. The van der Waals surface area contributed by atoms with Crippen LogP contribution in [0, 0.1) is 0 Å². The van der Waals surface area contributed by atoms with E-state index in [0.29, 0.717) is 11.4 Å². The van der Waals surface area contributed by atoms with Gasteiger partial charge in [0, 0.05) is 16.3 Å². The molecule has 1 heterocycles. The summed E-state index contributed by atoms with van der Waals surface area (Å²) in [7, 11) is 0. The molecule has 5 heteroatoms. The summed E-state index contributed by atoms with van der Waals surface area (Å²) in [5.74, 6) is -0.833. The van der Waals surface area contributed by atoms with Crippen LogP contribution >= 0.6 is 11.6 Å². The molecule has 0 fully saturated rings. The van der Waals surface area contributed by atoms with Gasteiger partial charge in [0.05, 0.1) is 17.8 Å². The smallest absolute Gasteiger partial charge is 0.307 e. The minimum atomic E-state index is -0.833. The van der Waals surface area contributed by atoms with Crippen molar-refractivity contribution in [3.8, 4) is 5.69 Å². The number of carbonyl (C=O) groups is 1. The van der Waals surface area contributed by atoms with Gasteiger partial charge in [0.25, 0.3) is 0 Å². The van der Waals surface area contributed by atoms with Crippen LogP contribution in [0.2, 0.25) is 5.02 Å². The van der Waals surface area contributed by atoms with Crippen LogP contribution < -0.4 is 0 Å². The minimum Gasteiger partial charge on any atom is -0.481 e.